The molecule has 51 heavy (non-hydrogen) atoms. The summed E-state index contributed by atoms with van der Waals surface area (Å²) in [6, 6.07) is 6.61. The van der Waals surface area contributed by atoms with Crippen LogP contribution >= 0.6 is 11.8 Å². The van der Waals surface area contributed by atoms with Crippen LogP contribution in [0, 0.1) is 0 Å². The molecule has 3 rings (SSSR count). The van der Waals surface area contributed by atoms with Crippen molar-refractivity contribution in [1.29, 1.82) is 0 Å². The average Bonchev–Trinajstić information content (AvgIpc) is 3.00. The first-order valence-corrected chi connectivity index (χ1v) is 16.4. The van der Waals surface area contributed by atoms with Crippen molar-refractivity contribution in [3.05, 3.63) is 24.3 Å². The van der Waals surface area contributed by atoms with E-state index in [-0.39, 0.29) is 0 Å². The minimum absolute atomic E-state index is 0.476. The number of esters is 7. The summed E-state index contributed by atoms with van der Waals surface area (Å²) < 4.78 is 56.8. The van der Waals surface area contributed by atoms with Crippen molar-refractivity contribution in [2.45, 2.75) is 114 Å². The molecule has 0 saturated carbocycles. The van der Waals surface area contributed by atoms with E-state index in [0.717, 1.165) is 60.2 Å². The fraction of sp³-hybridized carbons (Fsp3) is 0.594. The van der Waals surface area contributed by atoms with Gasteiger partial charge in [-0.2, -0.15) is 0 Å². The molecule has 0 spiro atoms. The summed E-state index contributed by atoms with van der Waals surface area (Å²) in [4.78, 5) is 86.2. The standard InChI is InChI=1S/C32H41NO17S/c1-14(34)41-12-23-25(43-16(3)36)27(44-17(4)37)29(46-19(6)39)31(48-23)50-26-24(13-42-15(2)35)49-32(51-22-10-8-21(33)9-11-22)30(47-20(7)40)28(26)45-18(5)38/h8-11,23-32H,12-13,33H2,1-7H3/t23-,24-,25-,26-,27+,28+,29-,30-,31+,32+/m1/s1. The van der Waals surface area contributed by atoms with Gasteiger partial charge < -0.3 is 53.1 Å². The summed E-state index contributed by atoms with van der Waals surface area (Å²) in [6.45, 7) is 6.57. The number of benzene rings is 1. The number of carbonyl (C=O) groups is 7. The first-order valence-electron chi connectivity index (χ1n) is 15.6. The molecule has 18 nitrogen and oxygen atoms in total. The number of hydrogen-bond donors (Lipinski definition) is 1. The highest BCUT2D eigenvalue weighted by atomic mass is 32.2. The Morgan fingerprint density at radius 2 is 0.961 bits per heavy atom. The van der Waals surface area contributed by atoms with E-state index in [1.807, 2.05) is 0 Å². The van der Waals surface area contributed by atoms with Gasteiger partial charge in [0.2, 0.25) is 0 Å². The Hall–Kier alpha value is -4.46. The van der Waals surface area contributed by atoms with Crippen LogP contribution in [0.3, 0.4) is 0 Å². The van der Waals surface area contributed by atoms with Crippen LogP contribution in [0.1, 0.15) is 48.5 Å². The Bertz CT molecular complexity index is 1440. The lowest BCUT2D eigenvalue weighted by atomic mass is 9.96. The molecule has 0 amide bonds. The average molecular weight is 744 g/mol. The highest BCUT2D eigenvalue weighted by Gasteiger charge is 2.57. The van der Waals surface area contributed by atoms with Crippen LogP contribution in [-0.4, -0.2) is 116 Å². The zero-order valence-corrected chi connectivity index (χ0v) is 29.7. The maximum Gasteiger partial charge on any atom is 0.303 e. The third-order valence-corrected chi connectivity index (χ3v) is 8.17. The number of thioether (sulfide) groups is 1. The molecular weight excluding hydrogens is 702 g/mol. The lowest BCUT2D eigenvalue weighted by Gasteiger charge is -2.48. The van der Waals surface area contributed by atoms with E-state index in [0.29, 0.717) is 10.6 Å². The van der Waals surface area contributed by atoms with Crippen molar-refractivity contribution in [1.82, 2.24) is 0 Å². The van der Waals surface area contributed by atoms with E-state index in [4.69, 9.17) is 53.1 Å². The Morgan fingerprint density at radius 1 is 0.549 bits per heavy atom. The number of rotatable bonds is 13. The van der Waals surface area contributed by atoms with Crippen molar-refractivity contribution >= 4 is 59.2 Å². The molecule has 19 heteroatoms. The van der Waals surface area contributed by atoms with Gasteiger partial charge in [0.15, 0.2) is 36.8 Å². The highest BCUT2D eigenvalue weighted by molar-refractivity contribution is 7.99. The number of ether oxygens (including phenoxy) is 10. The molecule has 1 aromatic carbocycles. The molecule has 0 bridgehead atoms. The third kappa shape index (κ3) is 12.4. The maximum atomic E-state index is 12.6. The summed E-state index contributed by atoms with van der Waals surface area (Å²) in [7, 11) is 0. The molecule has 10 atom stereocenters. The molecule has 1 aromatic rings. The Morgan fingerprint density at radius 3 is 1.43 bits per heavy atom. The van der Waals surface area contributed by atoms with E-state index in [9.17, 15) is 33.6 Å². The Balaban J connectivity index is 2.16. The van der Waals surface area contributed by atoms with E-state index >= 15 is 0 Å². The number of nitrogen functional groups attached to an aromatic ring is 1. The van der Waals surface area contributed by atoms with Crippen LogP contribution in [0.2, 0.25) is 0 Å². The molecule has 2 saturated heterocycles. The second-order valence-electron chi connectivity index (χ2n) is 11.3. The van der Waals surface area contributed by atoms with Gasteiger partial charge in [0.25, 0.3) is 0 Å². The summed E-state index contributed by atoms with van der Waals surface area (Å²) in [5.41, 5.74) is 5.20. The first kappa shape index (κ1) is 41.0. The second-order valence-corrected chi connectivity index (χ2v) is 12.5. The zero-order chi connectivity index (χ0) is 38.0. The van der Waals surface area contributed by atoms with E-state index < -0.39 is 116 Å². The molecule has 2 N–H and O–H groups in total. The molecule has 2 fully saturated rings. The van der Waals surface area contributed by atoms with Crippen molar-refractivity contribution in [3.63, 3.8) is 0 Å². The van der Waals surface area contributed by atoms with Crippen molar-refractivity contribution in [3.8, 4) is 0 Å². The van der Waals surface area contributed by atoms with E-state index in [1.54, 1.807) is 24.3 Å². The van der Waals surface area contributed by atoms with Gasteiger partial charge in [-0.1, -0.05) is 11.8 Å². The molecule has 0 radical (unpaired) electrons. The predicted octanol–water partition coefficient (Wildman–Crippen LogP) is 0.981. The summed E-state index contributed by atoms with van der Waals surface area (Å²) in [6.07, 6.45) is -13.6. The quantitative estimate of drug-likeness (QED) is 0.168. The molecular formula is C32H41NO17S. The second kappa shape index (κ2) is 18.7. The van der Waals surface area contributed by atoms with Gasteiger partial charge in [-0.15, -0.1) is 0 Å². The molecule has 0 unspecified atom stereocenters. The SMILES string of the molecule is CC(=O)OC[C@H]1O[C@@H](Sc2ccc(N)cc2)[C@H](OC(C)=O)[C@@H](OC(C)=O)[C@@H]1O[C@@H]1O[C@H](COC(C)=O)[C@@H](OC(C)=O)[C@H](OC(C)=O)[C@H]1OC(C)=O. The van der Waals surface area contributed by atoms with Gasteiger partial charge in [0.1, 0.15) is 37.0 Å². The molecule has 2 aliphatic heterocycles. The normalized spacial score (nSPS) is 28.7. The lowest BCUT2D eigenvalue weighted by molar-refractivity contribution is -0.341. The largest absolute Gasteiger partial charge is 0.463 e. The molecule has 0 aromatic heterocycles. The van der Waals surface area contributed by atoms with Crippen LogP contribution in [0.4, 0.5) is 5.69 Å². The monoisotopic (exact) mass is 743 g/mol. The molecule has 2 aliphatic rings. The van der Waals surface area contributed by atoms with E-state index in [1.165, 1.54) is 0 Å². The van der Waals surface area contributed by atoms with Gasteiger partial charge >= 0.3 is 41.8 Å². The Kier molecular flexibility index (Phi) is 15.0. The minimum atomic E-state index is -1.77. The van der Waals surface area contributed by atoms with Crippen LogP contribution in [0.15, 0.2) is 29.2 Å². The van der Waals surface area contributed by atoms with Crippen molar-refractivity contribution < 1.29 is 80.9 Å². The van der Waals surface area contributed by atoms with Crippen LogP contribution in [-0.2, 0) is 80.9 Å². The van der Waals surface area contributed by atoms with Gasteiger partial charge in [-0.25, -0.2) is 0 Å². The fourth-order valence-corrected chi connectivity index (χ4v) is 6.35. The number of hydrogen-bond acceptors (Lipinski definition) is 19. The number of nitrogens with two attached hydrogens (primary N) is 1. The third-order valence-electron chi connectivity index (χ3n) is 7.02. The minimum Gasteiger partial charge on any atom is -0.463 e. The van der Waals surface area contributed by atoms with Gasteiger partial charge in [-0.3, -0.25) is 33.6 Å². The van der Waals surface area contributed by atoms with E-state index in [2.05, 4.69) is 0 Å². The predicted molar refractivity (Wildman–Crippen MR) is 170 cm³/mol. The zero-order valence-electron chi connectivity index (χ0n) is 28.9. The molecule has 2 heterocycles. The summed E-state index contributed by atoms with van der Waals surface area (Å²) >= 11 is 1.07. The summed E-state index contributed by atoms with van der Waals surface area (Å²) in [5, 5.41) is 0. The number of anilines is 1. The topological polar surface area (TPSA) is 238 Å². The lowest BCUT2D eigenvalue weighted by Crippen LogP contribution is -2.66. The van der Waals surface area contributed by atoms with Gasteiger partial charge in [0.05, 0.1) is 0 Å². The fourth-order valence-electron chi connectivity index (χ4n) is 5.25. The first-order chi connectivity index (χ1) is 23.9. The molecule has 0 aliphatic carbocycles. The van der Waals surface area contributed by atoms with Crippen LogP contribution in [0.25, 0.3) is 0 Å². The summed E-state index contributed by atoms with van der Waals surface area (Å²) in [5.74, 6) is -5.70. The van der Waals surface area contributed by atoms with Gasteiger partial charge in [0, 0.05) is 59.0 Å². The van der Waals surface area contributed by atoms with Crippen LogP contribution < -0.4 is 5.73 Å². The van der Waals surface area contributed by atoms with Gasteiger partial charge in [-0.05, 0) is 24.3 Å². The van der Waals surface area contributed by atoms with Crippen molar-refractivity contribution in [2.24, 2.45) is 0 Å². The highest BCUT2D eigenvalue weighted by Crippen LogP contribution is 2.40. The molecule has 282 valence electrons. The Labute approximate surface area is 297 Å². The maximum absolute atomic E-state index is 12.6. The van der Waals surface area contributed by atoms with Crippen LogP contribution in [0.5, 0.6) is 0 Å². The van der Waals surface area contributed by atoms with Crippen molar-refractivity contribution in [2.75, 3.05) is 18.9 Å². The smallest absolute Gasteiger partial charge is 0.303 e. The number of carbonyl (C=O) groups excluding carboxylic acids is 7.